The van der Waals surface area contributed by atoms with Crippen LogP contribution in [0.15, 0.2) is 47.5 Å². The number of aliphatic imine (C=N–C) groups is 1. The van der Waals surface area contributed by atoms with Crippen molar-refractivity contribution in [3.8, 4) is 11.5 Å². The lowest BCUT2D eigenvalue weighted by Gasteiger charge is -2.14. The minimum absolute atomic E-state index is 0. The van der Waals surface area contributed by atoms with Crippen molar-refractivity contribution >= 4 is 35.6 Å². The third-order valence-corrected chi connectivity index (χ3v) is 4.02. The van der Waals surface area contributed by atoms with Crippen LogP contribution in [0.25, 0.3) is 0 Å². The molecule has 178 valence electrons. The van der Waals surface area contributed by atoms with Crippen LogP contribution in [0.2, 0.25) is 0 Å². The topological polar surface area (TPSA) is 64.1 Å². The predicted octanol–water partition coefficient (Wildman–Crippen LogP) is 5.37. The van der Waals surface area contributed by atoms with E-state index in [-0.39, 0.29) is 30.6 Å². The Balaban J connectivity index is 0.00000512. The molecule has 0 aliphatic heterocycles. The van der Waals surface area contributed by atoms with Gasteiger partial charge in [-0.2, -0.15) is 13.2 Å². The van der Waals surface area contributed by atoms with E-state index in [0.717, 1.165) is 11.3 Å². The number of hydrogen-bond donors (Lipinski definition) is 2. The number of anilines is 1. The fourth-order valence-electron chi connectivity index (χ4n) is 2.74. The third kappa shape index (κ3) is 9.94. The molecule has 0 aliphatic rings. The largest absolute Gasteiger partial charge is 0.493 e. The number of nitrogens with one attached hydrogen (secondary N) is 2. The first-order chi connectivity index (χ1) is 14.8. The van der Waals surface area contributed by atoms with Gasteiger partial charge in [0.15, 0.2) is 17.5 Å². The van der Waals surface area contributed by atoms with E-state index in [9.17, 15) is 13.2 Å². The fraction of sp³-hybridized carbons (Fsp3) is 0.409. The molecular formula is C22H29F3IN3O3. The highest BCUT2D eigenvalue weighted by atomic mass is 127. The summed E-state index contributed by atoms with van der Waals surface area (Å²) in [4.78, 5) is 4.56. The van der Waals surface area contributed by atoms with Crippen LogP contribution in [0.4, 0.5) is 18.9 Å². The molecule has 0 heterocycles. The SMILES string of the molecule is CCNC(=NCc1cccc(COCC(F)(F)F)c1)Nc1ccc(OC)c(OCC)c1.I. The molecule has 0 amide bonds. The number of rotatable bonds is 10. The Kier molecular flexibility index (Phi) is 12.2. The molecule has 0 unspecified atom stereocenters. The van der Waals surface area contributed by atoms with Gasteiger partial charge in [0.05, 0.1) is 26.9 Å². The lowest BCUT2D eigenvalue weighted by Crippen LogP contribution is -2.30. The number of halogens is 4. The van der Waals surface area contributed by atoms with Gasteiger partial charge in [-0.3, -0.25) is 0 Å². The number of nitrogens with zero attached hydrogens (tertiary/aromatic N) is 1. The van der Waals surface area contributed by atoms with Crippen molar-refractivity contribution in [2.45, 2.75) is 33.2 Å². The molecule has 2 rings (SSSR count). The van der Waals surface area contributed by atoms with Gasteiger partial charge in [0, 0.05) is 18.3 Å². The Morgan fingerprint density at radius 1 is 1.03 bits per heavy atom. The molecule has 0 spiro atoms. The second kappa shape index (κ2) is 14.0. The first-order valence-electron chi connectivity index (χ1n) is 9.93. The Morgan fingerprint density at radius 3 is 2.44 bits per heavy atom. The van der Waals surface area contributed by atoms with Crippen LogP contribution in [0.5, 0.6) is 11.5 Å². The zero-order valence-electron chi connectivity index (χ0n) is 18.3. The van der Waals surface area contributed by atoms with Gasteiger partial charge in [-0.1, -0.05) is 24.3 Å². The van der Waals surface area contributed by atoms with Gasteiger partial charge in [0.1, 0.15) is 6.61 Å². The van der Waals surface area contributed by atoms with Crippen molar-refractivity contribution in [2.24, 2.45) is 4.99 Å². The van der Waals surface area contributed by atoms with Gasteiger partial charge in [-0.05, 0) is 37.1 Å². The minimum Gasteiger partial charge on any atom is -0.493 e. The van der Waals surface area contributed by atoms with Crippen molar-refractivity contribution in [3.63, 3.8) is 0 Å². The van der Waals surface area contributed by atoms with Gasteiger partial charge in [-0.25, -0.2) is 4.99 Å². The normalized spacial score (nSPS) is 11.5. The number of methoxy groups -OCH3 is 1. The van der Waals surface area contributed by atoms with E-state index in [4.69, 9.17) is 14.2 Å². The maximum atomic E-state index is 12.2. The first kappa shape index (κ1) is 27.8. The molecular weight excluding hydrogens is 538 g/mol. The molecule has 0 aromatic heterocycles. The quantitative estimate of drug-likeness (QED) is 0.230. The Labute approximate surface area is 203 Å². The number of alkyl halides is 3. The van der Waals surface area contributed by atoms with Gasteiger partial charge < -0.3 is 24.8 Å². The van der Waals surface area contributed by atoms with E-state index < -0.39 is 12.8 Å². The summed E-state index contributed by atoms with van der Waals surface area (Å²) >= 11 is 0. The van der Waals surface area contributed by atoms with Crippen LogP contribution >= 0.6 is 24.0 Å². The number of ether oxygens (including phenoxy) is 3. The van der Waals surface area contributed by atoms with E-state index in [1.807, 2.05) is 32.0 Å². The summed E-state index contributed by atoms with van der Waals surface area (Å²) in [5, 5.41) is 6.38. The number of guanidine groups is 1. The summed E-state index contributed by atoms with van der Waals surface area (Å²) in [5.74, 6) is 1.82. The molecule has 0 radical (unpaired) electrons. The van der Waals surface area contributed by atoms with Crippen LogP contribution in [0.1, 0.15) is 25.0 Å². The summed E-state index contributed by atoms with van der Waals surface area (Å²) in [6.45, 7) is 3.99. The zero-order valence-corrected chi connectivity index (χ0v) is 20.6. The maximum Gasteiger partial charge on any atom is 0.411 e. The second-order valence-corrected chi connectivity index (χ2v) is 6.55. The van der Waals surface area contributed by atoms with Crippen molar-refractivity contribution in [1.82, 2.24) is 5.32 Å². The zero-order chi connectivity index (χ0) is 22.7. The van der Waals surface area contributed by atoms with Crippen LogP contribution in [0.3, 0.4) is 0 Å². The molecule has 2 aromatic rings. The van der Waals surface area contributed by atoms with Gasteiger partial charge in [0.25, 0.3) is 0 Å². The lowest BCUT2D eigenvalue weighted by molar-refractivity contribution is -0.176. The first-order valence-corrected chi connectivity index (χ1v) is 9.93. The van der Waals surface area contributed by atoms with Crippen LogP contribution in [-0.2, 0) is 17.9 Å². The molecule has 0 saturated carbocycles. The second-order valence-electron chi connectivity index (χ2n) is 6.55. The maximum absolute atomic E-state index is 12.2. The van der Waals surface area contributed by atoms with Gasteiger partial charge >= 0.3 is 6.18 Å². The van der Waals surface area contributed by atoms with E-state index in [2.05, 4.69) is 15.6 Å². The standard InChI is InChI=1S/C22H28F3N3O3.HI/c1-4-26-21(28-18-9-10-19(29-3)20(12-18)31-5-2)27-13-16-7-6-8-17(11-16)14-30-15-22(23,24)25;/h6-12H,4-5,13-15H2,1-3H3,(H2,26,27,28);1H. The lowest BCUT2D eigenvalue weighted by atomic mass is 10.1. The average molecular weight is 567 g/mol. The summed E-state index contributed by atoms with van der Waals surface area (Å²) in [6.07, 6.45) is -4.34. The highest BCUT2D eigenvalue weighted by Gasteiger charge is 2.27. The Bertz CT molecular complexity index is 864. The molecule has 6 nitrogen and oxygen atoms in total. The molecule has 32 heavy (non-hydrogen) atoms. The van der Waals surface area contributed by atoms with E-state index in [0.29, 0.717) is 42.7 Å². The fourth-order valence-corrected chi connectivity index (χ4v) is 2.74. The molecule has 0 atom stereocenters. The van der Waals surface area contributed by atoms with Gasteiger partial charge in [-0.15, -0.1) is 24.0 Å². The summed E-state index contributed by atoms with van der Waals surface area (Å²) in [5.41, 5.74) is 2.29. The minimum atomic E-state index is -4.34. The smallest absolute Gasteiger partial charge is 0.411 e. The average Bonchev–Trinajstić information content (AvgIpc) is 2.72. The third-order valence-electron chi connectivity index (χ3n) is 4.02. The number of benzene rings is 2. The molecule has 2 aromatic carbocycles. The van der Waals surface area contributed by atoms with Crippen molar-refractivity contribution in [3.05, 3.63) is 53.6 Å². The predicted molar refractivity (Wildman–Crippen MR) is 130 cm³/mol. The summed E-state index contributed by atoms with van der Waals surface area (Å²) < 4.78 is 52.3. The van der Waals surface area contributed by atoms with Crippen LogP contribution in [0, 0.1) is 0 Å². The molecule has 10 heteroatoms. The molecule has 0 bridgehead atoms. The monoisotopic (exact) mass is 567 g/mol. The summed E-state index contributed by atoms with van der Waals surface area (Å²) in [6, 6.07) is 12.6. The highest BCUT2D eigenvalue weighted by molar-refractivity contribution is 14.0. The van der Waals surface area contributed by atoms with Crippen LogP contribution < -0.4 is 20.1 Å². The van der Waals surface area contributed by atoms with Crippen molar-refractivity contribution in [1.29, 1.82) is 0 Å². The molecule has 0 fully saturated rings. The summed E-state index contributed by atoms with van der Waals surface area (Å²) in [7, 11) is 1.58. The molecule has 0 aliphatic carbocycles. The Morgan fingerprint density at radius 2 is 1.78 bits per heavy atom. The van der Waals surface area contributed by atoms with Crippen molar-refractivity contribution < 1.29 is 27.4 Å². The van der Waals surface area contributed by atoms with E-state index in [1.165, 1.54) is 0 Å². The van der Waals surface area contributed by atoms with E-state index in [1.54, 1.807) is 31.4 Å². The number of hydrogen-bond acceptors (Lipinski definition) is 4. The Hall–Kier alpha value is -2.21. The highest BCUT2D eigenvalue weighted by Crippen LogP contribution is 2.30. The van der Waals surface area contributed by atoms with E-state index >= 15 is 0 Å². The van der Waals surface area contributed by atoms with Crippen molar-refractivity contribution in [2.75, 3.05) is 32.2 Å². The van der Waals surface area contributed by atoms with Gasteiger partial charge in [0.2, 0.25) is 0 Å². The molecule has 0 saturated heterocycles. The molecule has 2 N–H and O–H groups in total. The van der Waals surface area contributed by atoms with Crippen LogP contribution in [-0.4, -0.2) is 39.0 Å².